The molecule has 1 aromatic rings. The Kier molecular flexibility index (Phi) is 4.43. The van der Waals surface area contributed by atoms with E-state index in [9.17, 15) is 0 Å². The van der Waals surface area contributed by atoms with Gasteiger partial charge < -0.3 is 10.1 Å². The van der Waals surface area contributed by atoms with Crippen LogP contribution in [0.15, 0.2) is 11.5 Å². The molecule has 1 aliphatic rings. The molecular formula is C9H16N4OS. The van der Waals surface area contributed by atoms with Gasteiger partial charge in [0.2, 0.25) is 0 Å². The van der Waals surface area contributed by atoms with Crippen LogP contribution in [0, 0.1) is 0 Å². The van der Waals surface area contributed by atoms with Crippen molar-refractivity contribution in [1.29, 1.82) is 0 Å². The third-order valence-corrected chi connectivity index (χ3v) is 3.18. The lowest BCUT2D eigenvalue weighted by molar-refractivity contribution is 0.110. The summed E-state index contributed by atoms with van der Waals surface area (Å²) in [6.45, 7) is 2.88. The summed E-state index contributed by atoms with van der Waals surface area (Å²) in [7, 11) is 0. The first-order valence-corrected chi connectivity index (χ1v) is 6.24. The van der Waals surface area contributed by atoms with Crippen molar-refractivity contribution in [2.45, 2.75) is 24.1 Å². The smallest absolute Gasteiger partial charge is 0.183 e. The highest BCUT2D eigenvalue weighted by molar-refractivity contribution is 7.99. The van der Waals surface area contributed by atoms with Gasteiger partial charge in [-0.1, -0.05) is 11.8 Å². The lowest BCUT2D eigenvalue weighted by atomic mass is 10.2. The van der Waals surface area contributed by atoms with Crippen molar-refractivity contribution in [3.8, 4) is 0 Å². The highest BCUT2D eigenvalue weighted by Gasteiger charge is 2.14. The van der Waals surface area contributed by atoms with Crippen molar-refractivity contribution >= 4 is 11.8 Å². The lowest BCUT2D eigenvalue weighted by Crippen LogP contribution is -2.27. The second-order valence-corrected chi connectivity index (χ2v) is 4.56. The number of ether oxygens (including phenoxy) is 1. The van der Waals surface area contributed by atoms with E-state index < -0.39 is 0 Å². The molecule has 0 bridgehead atoms. The normalized spacial score (nSPS) is 20.9. The summed E-state index contributed by atoms with van der Waals surface area (Å²) in [5.41, 5.74) is 0. The number of H-pyrrole nitrogens is 1. The van der Waals surface area contributed by atoms with E-state index in [1.807, 2.05) is 0 Å². The molecule has 1 fully saturated rings. The number of rotatable bonds is 6. The van der Waals surface area contributed by atoms with Crippen molar-refractivity contribution in [3.63, 3.8) is 0 Å². The zero-order valence-corrected chi connectivity index (χ0v) is 9.42. The van der Waals surface area contributed by atoms with E-state index >= 15 is 0 Å². The molecule has 5 nitrogen and oxygen atoms in total. The van der Waals surface area contributed by atoms with Crippen molar-refractivity contribution in [1.82, 2.24) is 20.5 Å². The third kappa shape index (κ3) is 3.81. The molecule has 2 heterocycles. The quantitative estimate of drug-likeness (QED) is 0.553. The molecule has 2 rings (SSSR count). The number of thioether (sulfide) groups is 1. The first-order valence-electron chi connectivity index (χ1n) is 5.25. The fourth-order valence-corrected chi connectivity index (χ4v) is 2.23. The predicted octanol–water partition coefficient (Wildman–Crippen LogP) is 0.665. The molecular weight excluding hydrogens is 212 g/mol. The topological polar surface area (TPSA) is 62.8 Å². The summed E-state index contributed by atoms with van der Waals surface area (Å²) < 4.78 is 5.51. The highest BCUT2D eigenvalue weighted by atomic mass is 32.2. The van der Waals surface area contributed by atoms with E-state index in [-0.39, 0.29) is 0 Å². The minimum atomic E-state index is 0.431. The number of hydrogen-bond acceptors (Lipinski definition) is 5. The second-order valence-electron chi connectivity index (χ2n) is 3.48. The number of nitrogens with zero attached hydrogens (tertiary/aromatic N) is 2. The Morgan fingerprint density at radius 2 is 2.67 bits per heavy atom. The molecule has 1 saturated heterocycles. The number of aromatic amines is 1. The van der Waals surface area contributed by atoms with Crippen LogP contribution in [0.3, 0.4) is 0 Å². The third-order valence-electron chi connectivity index (χ3n) is 2.31. The Morgan fingerprint density at radius 1 is 1.67 bits per heavy atom. The Hall–Kier alpha value is -0.590. The van der Waals surface area contributed by atoms with Crippen LogP contribution in [-0.2, 0) is 4.74 Å². The molecule has 0 spiro atoms. The fraction of sp³-hybridized carbons (Fsp3) is 0.778. The van der Waals surface area contributed by atoms with Crippen LogP contribution in [0.4, 0.5) is 0 Å². The van der Waals surface area contributed by atoms with Gasteiger partial charge in [0, 0.05) is 25.4 Å². The van der Waals surface area contributed by atoms with Crippen molar-refractivity contribution in [2.24, 2.45) is 0 Å². The average Bonchev–Trinajstić information content (AvgIpc) is 2.88. The van der Waals surface area contributed by atoms with Crippen LogP contribution in [-0.4, -0.2) is 46.7 Å². The molecule has 1 unspecified atom stereocenters. The predicted molar refractivity (Wildman–Crippen MR) is 59.0 cm³/mol. The van der Waals surface area contributed by atoms with Gasteiger partial charge >= 0.3 is 0 Å². The Bertz CT molecular complexity index is 261. The van der Waals surface area contributed by atoms with E-state index in [1.165, 1.54) is 19.2 Å². The molecule has 15 heavy (non-hydrogen) atoms. The van der Waals surface area contributed by atoms with Crippen LogP contribution >= 0.6 is 11.8 Å². The number of aromatic nitrogens is 3. The summed E-state index contributed by atoms with van der Waals surface area (Å²) in [5.74, 6) is 1.00. The maximum atomic E-state index is 5.51. The standard InChI is InChI=1S/C9H16N4OS/c1-2-8(14-4-1)6-10-3-5-15-9-11-7-12-13-9/h7-8,10H,1-6H2,(H,11,12,13). The summed E-state index contributed by atoms with van der Waals surface area (Å²) in [4.78, 5) is 4.04. The van der Waals surface area contributed by atoms with Gasteiger partial charge in [-0.3, -0.25) is 5.10 Å². The van der Waals surface area contributed by atoms with E-state index in [0.29, 0.717) is 6.10 Å². The van der Waals surface area contributed by atoms with Crippen LogP contribution in [0.2, 0.25) is 0 Å². The molecule has 0 radical (unpaired) electrons. The largest absolute Gasteiger partial charge is 0.377 e. The Labute approximate surface area is 93.4 Å². The van der Waals surface area contributed by atoms with Crippen molar-refractivity contribution in [3.05, 3.63) is 6.33 Å². The molecule has 6 heteroatoms. The monoisotopic (exact) mass is 228 g/mol. The molecule has 84 valence electrons. The SMILES string of the molecule is c1n[nH]c(SCCNCC2CCCO2)n1. The minimum Gasteiger partial charge on any atom is -0.377 e. The maximum absolute atomic E-state index is 5.51. The number of nitrogens with one attached hydrogen (secondary N) is 2. The van der Waals surface area contributed by atoms with Gasteiger partial charge in [0.05, 0.1) is 6.10 Å². The van der Waals surface area contributed by atoms with Gasteiger partial charge in [0.15, 0.2) is 5.16 Å². The zero-order valence-electron chi connectivity index (χ0n) is 8.61. The van der Waals surface area contributed by atoms with Crippen LogP contribution in [0.1, 0.15) is 12.8 Å². The van der Waals surface area contributed by atoms with Gasteiger partial charge in [-0.05, 0) is 12.8 Å². The van der Waals surface area contributed by atoms with Gasteiger partial charge in [-0.15, -0.1) is 0 Å². The highest BCUT2D eigenvalue weighted by Crippen LogP contribution is 2.11. The second kappa shape index (κ2) is 6.09. The lowest BCUT2D eigenvalue weighted by Gasteiger charge is -2.09. The molecule has 0 amide bonds. The summed E-state index contributed by atoms with van der Waals surface area (Å²) >= 11 is 1.68. The van der Waals surface area contributed by atoms with Gasteiger partial charge in [0.25, 0.3) is 0 Å². The number of hydrogen-bond donors (Lipinski definition) is 2. The minimum absolute atomic E-state index is 0.431. The van der Waals surface area contributed by atoms with E-state index in [1.54, 1.807) is 11.8 Å². The molecule has 1 atom stereocenters. The molecule has 1 aliphatic heterocycles. The molecule has 0 aromatic carbocycles. The molecule has 2 N–H and O–H groups in total. The summed E-state index contributed by atoms with van der Waals surface area (Å²) in [6.07, 6.45) is 4.36. The van der Waals surface area contributed by atoms with Gasteiger partial charge in [0.1, 0.15) is 6.33 Å². The van der Waals surface area contributed by atoms with Crippen LogP contribution < -0.4 is 5.32 Å². The fourth-order valence-electron chi connectivity index (χ4n) is 1.55. The Morgan fingerprint density at radius 3 is 3.40 bits per heavy atom. The van der Waals surface area contributed by atoms with E-state index in [0.717, 1.165) is 30.6 Å². The van der Waals surface area contributed by atoms with Crippen molar-refractivity contribution in [2.75, 3.05) is 25.4 Å². The average molecular weight is 228 g/mol. The van der Waals surface area contributed by atoms with E-state index in [2.05, 4.69) is 20.5 Å². The maximum Gasteiger partial charge on any atom is 0.183 e. The zero-order chi connectivity index (χ0) is 10.3. The first kappa shape index (κ1) is 10.9. The first-order chi connectivity index (χ1) is 7.45. The van der Waals surface area contributed by atoms with Crippen LogP contribution in [0.25, 0.3) is 0 Å². The molecule has 1 aromatic heterocycles. The van der Waals surface area contributed by atoms with Gasteiger partial charge in [-0.25, -0.2) is 4.98 Å². The molecule has 0 aliphatic carbocycles. The van der Waals surface area contributed by atoms with Crippen molar-refractivity contribution < 1.29 is 4.74 Å². The molecule has 0 saturated carbocycles. The van der Waals surface area contributed by atoms with E-state index in [4.69, 9.17) is 4.74 Å². The summed E-state index contributed by atoms with van der Waals surface area (Å²) in [5, 5.41) is 10.9. The van der Waals surface area contributed by atoms with Crippen LogP contribution in [0.5, 0.6) is 0 Å². The summed E-state index contributed by atoms with van der Waals surface area (Å²) in [6, 6.07) is 0. The van der Waals surface area contributed by atoms with Gasteiger partial charge in [-0.2, -0.15) is 5.10 Å². The Balaban J connectivity index is 1.48.